The summed E-state index contributed by atoms with van der Waals surface area (Å²) in [4.78, 5) is 19.8. The van der Waals surface area contributed by atoms with Crippen molar-refractivity contribution in [1.82, 2.24) is 15.3 Å². The van der Waals surface area contributed by atoms with E-state index in [1.54, 1.807) is 14.2 Å². The monoisotopic (exact) mass is 268 g/mol. The highest BCUT2D eigenvalue weighted by atomic mass is 16.5. The number of methoxy groups -OCH3 is 2. The fraction of sp³-hybridized carbons (Fsp3) is 0.583. The minimum Gasteiger partial charge on any atom is -0.385 e. The van der Waals surface area contributed by atoms with E-state index in [-0.39, 0.29) is 5.91 Å². The van der Waals surface area contributed by atoms with Crippen LogP contribution in [0, 0.1) is 0 Å². The molecule has 7 nitrogen and oxygen atoms in total. The second kappa shape index (κ2) is 9.23. The molecule has 0 unspecified atom stereocenters. The Kier molecular flexibility index (Phi) is 7.45. The van der Waals surface area contributed by atoms with E-state index in [4.69, 9.17) is 9.47 Å². The van der Waals surface area contributed by atoms with Gasteiger partial charge in [0.2, 0.25) is 0 Å². The second-order valence-corrected chi connectivity index (χ2v) is 3.81. The van der Waals surface area contributed by atoms with Crippen LogP contribution in [0.1, 0.15) is 16.9 Å². The third-order valence-electron chi connectivity index (χ3n) is 2.31. The van der Waals surface area contributed by atoms with Crippen molar-refractivity contribution < 1.29 is 14.3 Å². The number of aromatic nitrogens is 2. The molecule has 0 aliphatic rings. The summed E-state index contributed by atoms with van der Waals surface area (Å²) in [7, 11) is 3.26. The molecule has 1 aromatic rings. The first-order valence-corrected chi connectivity index (χ1v) is 6.10. The number of anilines is 1. The Morgan fingerprint density at radius 1 is 1.16 bits per heavy atom. The fourth-order valence-electron chi connectivity index (χ4n) is 1.33. The molecule has 0 aromatic carbocycles. The molecular weight excluding hydrogens is 248 g/mol. The molecule has 0 fully saturated rings. The Balaban J connectivity index is 2.35. The molecule has 7 heteroatoms. The van der Waals surface area contributed by atoms with Gasteiger partial charge in [-0.25, -0.2) is 9.97 Å². The first-order valence-electron chi connectivity index (χ1n) is 6.10. The molecule has 19 heavy (non-hydrogen) atoms. The van der Waals surface area contributed by atoms with Crippen LogP contribution >= 0.6 is 0 Å². The minimum absolute atomic E-state index is 0.230. The zero-order valence-corrected chi connectivity index (χ0v) is 11.3. The number of hydrogen-bond acceptors (Lipinski definition) is 6. The van der Waals surface area contributed by atoms with Gasteiger partial charge in [0.05, 0.1) is 19.0 Å². The third kappa shape index (κ3) is 6.12. The Labute approximate surface area is 112 Å². The van der Waals surface area contributed by atoms with Gasteiger partial charge in [0, 0.05) is 33.9 Å². The Morgan fingerprint density at radius 2 is 1.95 bits per heavy atom. The Bertz CT molecular complexity index is 370. The molecule has 0 radical (unpaired) electrons. The largest absolute Gasteiger partial charge is 0.385 e. The van der Waals surface area contributed by atoms with E-state index < -0.39 is 0 Å². The number of carbonyl (C=O) groups is 1. The molecule has 1 heterocycles. The summed E-state index contributed by atoms with van der Waals surface area (Å²) in [6, 6.07) is 0. The SMILES string of the molecule is COCCCNC(=O)c1cnc(NCCOC)cn1. The molecule has 0 aliphatic carbocycles. The minimum atomic E-state index is -0.230. The number of nitrogens with zero attached hydrogens (tertiary/aromatic N) is 2. The van der Waals surface area contributed by atoms with Crippen molar-refractivity contribution in [3.05, 3.63) is 18.1 Å². The van der Waals surface area contributed by atoms with Gasteiger partial charge in [-0.1, -0.05) is 0 Å². The lowest BCUT2D eigenvalue weighted by molar-refractivity contribution is 0.0943. The van der Waals surface area contributed by atoms with Gasteiger partial charge in [0.15, 0.2) is 0 Å². The summed E-state index contributed by atoms with van der Waals surface area (Å²) < 4.78 is 9.80. The number of rotatable bonds is 9. The highest BCUT2D eigenvalue weighted by molar-refractivity contribution is 5.91. The van der Waals surface area contributed by atoms with E-state index in [2.05, 4.69) is 20.6 Å². The van der Waals surface area contributed by atoms with E-state index in [9.17, 15) is 4.79 Å². The average Bonchev–Trinajstić information content (AvgIpc) is 2.44. The van der Waals surface area contributed by atoms with E-state index in [1.807, 2.05) is 0 Å². The van der Waals surface area contributed by atoms with Gasteiger partial charge in [0.1, 0.15) is 11.5 Å². The van der Waals surface area contributed by atoms with Crippen molar-refractivity contribution in [3.63, 3.8) is 0 Å². The van der Waals surface area contributed by atoms with Gasteiger partial charge in [0.25, 0.3) is 5.91 Å². The van der Waals surface area contributed by atoms with Crippen LogP contribution in [0.2, 0.25) is 0 Å². The molecule has 0 saturated carbocycles. The van der Waals surface area contributed by atoms with Crippen molar-refractivity contribution in [2.24, 2.45) is 0 Å². The van der Waals surface area contributed by atoms with Gasteiger partial charge in [-0.2, -0.15) is 0 Å². The lowest BCUT2D eigenvalue weighted by Gasteiger charge is -2.06. The molecule has 106 valence electrons. The Morgan fingerprint density at radius 3 is 2.58 bits per heavy atom. The van der Waals surface area contributed by atoms with Gasteiger partial charge in [-0.3, -0.25) is 4.79 Å². The van der Waals surface area contributed by atoms with Crippen LogP contribution < -0.4 is 10.6 Å². The maximum Gasteiger partial charge on any atom is 0.271 e. The first kappa shape index (κ1) is 15.3. The smallest absolute Gasteiger partial charge is 0.271 e. The third-order valence-corrected chi connectivity index (χ3v) is 2.31. The maximum absolute atomic E-state index is 11.7. The zero-order valence-electron chi connectivity index (χ0n) is 11.3. The lowest BCUT2D eigenvalue weighted by atomic mass is 10.4. The molecule has 0 aliphatic heterocycles. The summed E-state index contributed by atoms with van der Waals surface area (Å²) in [5.41, 5.74) is 0.301. The molecule has 1 aromatic heterocycles. The van der Waals surface area contributed by atoms with Crippen LogP contribution in [0.15, 0.2) is 12.4 Å². The summed E-state index contributed by atoms with van der Waals surface area (Å²) in [6.07, 6.45) is 3.74. The number of amides is 1. The van der Waals surface area contributed by atoms with Crippen LogP contribution in [-0.4, -0.2) is 56.4 Å². The maximum atomic E-state index is 11.7. The van der Waals surface area contributed by atoms with Crippen LogP contribution in [0.3, 0.4) is 0 Å². The highest BCUT2D eigenvalue weighted by Gasteiger charge is 2.06. The van der Waals surface area contributed by atoms with Crippen LogP contribution in [0.5, 0.6) is 0 Å². The summed E-state index contributed by atoms with van der Waals surface area (Å²) in [5.74, 6) is 0.389. The summed E-state index contributed by atoms with van der Waals surface area (Å²) in [6.45, 7) is 2.41. The zero-order chi connectivity index (χ0) is 13.9. The topological polar surface area (TPSA) is 85.4 Å². The standard InChI is InChI=1S/C12H20N4O3/c1-18-6-3-4-14-12(17)10-8-16-11(9-15-10)13-5-7-19-2/h8-9H,3-7H2,1-2H3,(H,13,16)(H,14,17). The molecule has 2 N–H and O–H groups in total. The van der Waals surface area contributed by atoms with E-state index >= 15 is 0 Å². The average molecular weight is 268 g/mol. The molecule has 1 amide bonds. The second-order valence-electron chi connectivity index (χ2n) is 3.81. The number of carbonyl (C=O) groups excluding carboxylic acids is 1. The Hall–Kier alpha value is -1.73. The van der Waals surface area contributed by atoms with Crippen LogP contribution in [0.4, 0.5) is 5.82 Å². The van der Waals surface area contributed by atoms with Gasteiger partial charge in [-0.05, 0) is 6.42 Å². The first-order chi connectivity index (χ1) is 9.27. The number of nitrogens with one attached hydrogen (secondary N) is 2. The number of hydrogen-bond donors (Lipinski definition) is 2. The normalized spacial score (nSPS) is 10.2. The van der Waals surface area contributed by atoms with Crippen LogP contribution in [0.25, 0.3) is 0 Å². The van der Waals surface area contributed by atoms with Crippen molar-refractivity contribution in [1.29, 1.82) is 0 Å². The highest BCUT2D eigenvalue weighted by Crippen LogP contribution is 2.00. The fourth-order valence-corrected chi connectivity index (χ4v) is 1.33. The molecule has 0 saturated heterocycles. The predicted molar refractivity (Wildman–Crippen MR) is 71.2 cm³/mol. The molecule has 0 atom stereocenters. The molecule has 0 bridgehead atoms. The van der Waals surface area contributed by atoms with Crippen molar-refractivity contribution in [2.45, 2.75) is 6.42 Å². The van der Waals surface area contributed by atoms with E-state index in [0.717, 1.165) is 6.42 Å². The summed E-state index contributed by atoms with van der Waals surface area (Å²) in [5, 5.41) is 5.77. The van der Waals surface area contributed by atoms with Crippen molar-refractivity contribution >= 4 is 11.7 Å². The summed E-state index contributed by atoms with van der Waals surface area (Å²) >= 11 is 0. The van der Waals surface area contributed by atoms with Crippen molar-refractivity contribution in [3.8, 4) is 0 Å². The van der Waals surface area contributed by atoms with Crippen molar-refractivity contribution in [2.75, 3.05) is 45.8 Å². The van der Waals surface area contributed by atoms with Gasteiger partial charge >= 0.3 is 0 Å². The van der Waals surface area contributed by atoms with Gasteiger partial charge < -0.3 is 20.1 Å². The molecule has 1 rings (SSSR count). The number of ether oxygens (including phenoxy) is 2. The lowest BCUT2D eigenvalue weighted by Crippen LogP contribution is -2.26. The predicted octanol–water partition coefficient (Wildman–Crippen LogP) is 0.301. The molecular formula is C12H20N4O3. The quantitative estimate of drug-likeness (QED) is 0.627. The van der Waals surface area contributed by atoms with E-state index in [0.29, 0.717) is 37.8 Å². The van der Waals surface area contributed by atoms with Gasteiger partial charge in [-0.15, -0.1) is 0 Å². The van der Waals surface area contributed by atoms with E-state index in [1.165, 1.54) is 12.4 Å². The molecule has 0 spiro atoms. The van der Waals surface area contributed by atoms with Crippen LogP contribution in [-0.2, 0) is 9.47 Å².